The molecule has 0 bridgehead atoms. The van der Waals surface area contributed by atoms with Crippen molar-refractivity contribution in [3.05, 3.63) is 16.9 Å². The molecule has 1 saturated heterocycles. The third-order valence-corrected chi connectivity index (χ3v) is 7.73. The van der Waals surface area contributed by atoms with Crippen LogP contribution in [0.1, 0.15) is 19.8 Å². The number of hydrogen-bond acceptors (Lipinski definition) is 7. The quantitative estimate of drug-likeness (QED) is 0.545. The lowest BCUT2D eigenvalue weighted by molar-refractivity contribution is -0.122. The van der Waals surface area contributed by atoms with Gasteiger partial charge in [-0.2, -0.15) is 4.99 Å². The van der Waals surface area contributed by atoms with Crippen molar-refractivity contribution < 1.29 is 27.4 Å². The van der Waals surface area contributed by atoms with Crippen molar-refractivity contribution in [1.82, 2.24) is 8.87 Å². The number of ether oxygens (including phenoxy) is 3. The lowest BCUT2D eigenvalue weighted by Gasteiger charge is -2.28. The fraction of sp³-hybridized carbons (Fsp3) is 0.600. The van der Waals surface area contributed by atoms with Crippen LogP contribution in [0.15, 0.2) is 17.1 Å². The molecule has 1 fully saturated rings. The van der Waals surface area contributed by atoms with E-state index in [-0.39, 0.29) is 11.8 Å². The van der Waals surface area contributed by atoms with E-state index in [1.807, 2.05) is 23.6 Å². The number of fused-ring (bicyclic) bond motifs is 1. The Morgan fingerprint density at radius 2 is 1.84 bits per heavy atom. The van der Waals surface area contributed by atoms with E-state index in [1.165, 1.54) is 21.9 Å². The van der Waals surface area contributed by atoms with Crippen molar-refractivity contribution in [1.29, 1.82) is 0 Å². The van der Waals surface area contributed by atoms with Gasteiger partial charge in [0.1, 0.15) is 21.7 Å². The second-order valence-corrected chi connectivity index (χ2v) is 10.2. The second kappa shape index (κ2) is 10.1. The van der Waals surface area contributed by atoms with E-state index in [4.69, 9.17) is 14.2 Å². The molecule has 0 saturated carbocycles. The summed E-state index contributed by atoms with van der Waals surface area (Å²) >= 11 is 1.37. The van der Waals surface area contributed by atoms with Gasteiger partial charge in [-0.3, -0.25) is 4.79 Å². The molecule has 31 heavy (non-hydrogen) atoms. The fourth-order valence-electron chi connectivity index (χ4n) is 3.67. The molecular weight excluding hydrogens is 442 g/mol. The van der Waals surface area contributed by atoms with E-state index in [1.54, 1.807) is 14.2 Å². The third kappa shape index (κ3) is 5.28. The van der Waals surface area contributed by atoms with Crippen LogP contribution in [0.3, 0.4) is 0 Å². The Bertz CT molecular complexity index is 1100. The molecule has 1 aromatic heterocycles. The summed E-state index contributed by atoms with van der Waals surface area (Å²) in [6.45, 7) is 4.17. The van der Waals surface area contributed by atoms with E-state index >= 15 is 0 Å². The molecule has 1 aliphatic heterocycles. The van der Waals surface area contributed by atoms with Gasteiger partial charge in [-0.15, -0.1) is 0 Å². The normalized spacial score (nSPS) is 16.7. The molecule has 2 aromatic rings. The highest BCUT2D eigenvalue weighted by molar-refractivity contribution is 7.88. The summed E-state index contributed by atoms with van der Waals surface area (Å²) in [6.07, 6.45) is 2.12. The van der Waals surface area contributed by atoms with Crippen LogP contribution in [0, 0.1) is 5.92 Å². The molecule has 3 rings (SSSR count). The molecule has 1 aliphatic rings. The highest BCUT2D eigenvalue weighted by atomic mass is 32.2. The van der Waals surface area contributed by atoms with Gasteiger partial charge in [-0.25, -0.2) is 12.7 Å². The predicted octanol–water partition coefficient (Wildman–Crippen LogP) is 1.86. The van der Waals surface area contributed by atoms with Crippen molar-refractivity contribution in [3.63, 3.8) is 0 Å². The van der Waals surface area contributed by atoms with Crippen LogP contribution in [0.2, 0.25) is 0 Å². The van der Waals surface area contributed by atoms with E-state index < -0.39 is 10.0 Å². The molecule has 0 radical (unpaired) electrons. The van der Waals surface area contributed by atoms with Gasteiger partial charge in [-0.05, 0) is 31.9 Å². The lowest BCUT2D eigenvalue weighted by atomic mass is 9.98. The summed E-state index contributed by atoms with van der Waals surface area (Å²) in [5.41, 5.74) is 0.810. The molecule has 0 unspecified atom stereocenters. The number of carbonyl (C=O) groups is 1. The Balaban J connectivity index is 1.99. The summed E-state index contributed by atoms with van der Waals surface area (Å²) < 4.78 is 44.2. The van der Waals surface area contributed by atoms with Gasteiger partial charge in [0, 0.05) is 32.2 Å². The maximum atomic E-state index is 13.0. The zero-order chi connectivity index (χ0) is 22.6. The largest absolute Gasteiger partial charge is 0.495 e. The van der Waals surface area contributed by atoms with E-state index in [0.29, 0.717) is 62.0 Å². The van der Waals surface area contributed by atoms with Gasteiger partial charge >= 0.3 is 0 Å². The summed E-state index contributed by atoms with van der Waals surface area (Å²) in [6, 6.07) is 3.66. The Morgan fingerprint density at radius 3 is 2.42 bits per heavy atom. The van der Waals surface area contributed by atoms with E-state index in [9.17, 15) is 13.2 Å². The van der Waals surface area contributed by atoms with Crippen molar-refractivity contribution in [2.75, 3.05) is 46.8 Å². The molecule has 172 valence electrons. The SMILES string of the molecule is CCOCCn1c(=NC(=O)C2CCN(S(C)(=O)=O)CC2)sc2c(OC)ccc(OC)c21. The summed E-state index contributed by atoms with van der Waals surface area (Å²) in [5, 5.41) is 0. The molecule has 2 heterocycles. The minimum absolute atomic E-state index is 0.234. The topological polar surface area (TPSA) is 99.4 Å². The Kier molecular flexibility index (Phi) is 7.73. The number of benzene rings is 1. The van der Waals surface area contributed by atoms with Gasteiger partial charge in [-0.1, -0.05) is 11.3 Å². The van der Waals surface area contributed by atoms with Crippen molar-refractivity contribution in [2.24, 2.45) is 10.9 Å². The summed E-state index contributed by atoms with van der Waals surface area (Å²) in [7, 11) is -0.0378. The lowest BCUT2D eigenvalue weighted by Crippen LogP contribution is -2.39. The van der Waals surface area contributed by atoms with Crippen LogP contribution >= 0.6 is 11.3 Å². The number of carbonyl (C=O) groups excluding carboxylic acids is 1. The number of amides is 1. The van der Waals surface area contributed by atoms with Crippen molar-refractivity contribution in [2.45, 2.75) is 26.3 Å². The summed E-state index contributed by atoms with van der Waals surface area (Å²) in [5.74, 6) is 0.815. The number of sulfonamides is 1. The Morgan fingerprint density at radius 1 is 1.19 bits per heavy atom. The molecule has 0 spiro atoms. The predicted molar refractivity (Wildman–Crippen MR) is 119 cm³/mol. The maximum absolute atomic E-state index is 13.0. The zero-order valence-corrected chi connectivity index (χ0v) is 19.9. The average Bonchev–Trinajstić information content (AvgIpc) is 3.11. The first-order valence-electron chi connectivity index (χ1n) is 10.2. The number of thiazole rings is 1. The first-order valence-corrected chi connectivity index (χ1v) is 12.8. The first-order chi connectivity index (χ1) is 14.8. The highest BCUT2D eigenvalue weighted by Gasteiger charge is 2.29. The van der Waals surface area contributed by atoms with Gasteiger partial charge < -0.3 is 18.8 Å². The minimum Gasteiger partial charge on any atom is -0.495 e. The van der Waals surface area contributed by atoms with Crippen LogP contribution in [0.4, 0.5) is 0 Å². The number of rotatable bonds is 8. The number of aromatic nitrogens is 1. The number of nitrogens with zero attached hydrogens (tertiary/aromatic N) is 3. The molecule has 1 amide bonds. The first kappa shape index (κ1) is 23.7. The van der Waals surface area contributed by atoms with Gasteiger partial charge in [0.25, 0.3) is 5.91 Å². The number of methoxy groups -OCH3 is 2. The Hall–Kier alpha value is -1.95. The Labute approximate surface area is 186 Å². The van der Waals surface area contributed by atoms with Crippen LogP contribution < -0.4 is 14.3 Å². The molecule has 0 N–H and O–H groups in total. The second-order valence-electron chi connectivity index (χ2n) is 7.27. The molecule has 9 nitrogen and oxygen atoms in total. The minimum atomic E-state index is -3.24. The fourth-order valence-corrected chi connectivity index (χ4v) is 5.71. The number of piperidine rings is 1. The number of hydrogen-bond donors (Lipinski definition) is 0. The molecule has 0 aliphatic carbocycles. The third-order valence-electron chi connectivity index (χ3n) is 5.33. The van der Waals surface area contributed by atoms with Crippen molar-refractivity contribution in [3.8, 4) is 11.5 Å². The molecule has 1 aromatic carbocycles. The van der Waals surface area contributed by atoms with Crippen LogP contribution in [-0.4, -0.2) is 70.0 Å². The van der Waals surface area contributed by atoms with Crippen LogP contribution in [-0.2, 0) is 26.1 Å². The summed E-state index contributed by atoms with van der Waals surface area (Å²) in [4.78, 5) is 18.0. The van der Waals surface area contributed by atoms with Crippen molar-refractivity contribution >= 4 is 37.5 Å². The zero-order valence-electron chi connectivity index (χ0n) is 18.3. The van der Waals surface area contributed by atoms with Crippen LogP contribution in [0.5, 0.6) is 11.5 Å². The van der Waals surface area contributed by atoms with Gasteiger partial charge in [0.15, 0.2) is 4.80 Å². The molecular formula is C20H29N3O6S2. The molecule has 0 atom stereocenters. The van der Waals surface area contributed by atoms with Crippen LogP contribution in [0.25, 0.3) is 10.2 Å². The van der Waals surface area contributed by atoms with E-state index in [0.717, 1.165) is 10.2 Å². The molecule has 11 heteroatoms. The highest BCUT2D eigenvalue weighted by Crippen LogP contribution is 2.35. The smallest absolute Gasteiger partial charge is 0.251 e. The average molecular weight is 472 g/mol. The van der Waals surface area contributed by atoms with Gasteiger partial charge in [0.05, 0.1) is 27.1 Å². The monoisotopic (exact) mass is 471 g/mol. The van der Waals surface area contributed by atoms with E-state index in [2.05, 4.69) is 4.99 Å². The van der Waals surface area contributed by atoms with Gasteiger partial charge in [0.2, 0.25) is 10.0 Å². The maximum Gasteiger partial charge on any atom is 0.251 e. The standard InChI is InChI=1S/C20H29N3O6S2/c1-5-29-13-12-23-17-15(27-2)6-7-16(28-3)18(17)30-20(23)21-19(24)14-8-10-22(11-9-14)31(4,25)26/h6-7,14H,5,8-13H2,1-4H3.